The van der Waals surface area contributed by atoms with Crippen molar-refractivity contribution in [1.29, 1.82) is 0 Å². The minimum atomic E-state index is -0.888. The Morgan fingerprint density at radius 2 is 2.16 bits per heavy atom. The first kappa shape index (κ1) is 20.5. The lowest BCUT2D eigenvalue weighted by Gasteiger charge is -2.22. The van der Waals surface area contributed by atoms with Gasteiger partial charge >= 0.3 is 5.97 Å². The molecule has 1 aliphatic rings. The summed E-state index contributed by atoms with van der Waals surface area (Å²) in [6, 6.07) is 13.1. The SMILES string of the molecule is O=C(O)C1CCCN1C(=S)c1cc(-c2cccc(Nc3nc4ccc(F)cc4s3)c2)no1. The number of hydrogen-bond acceptors (Lipinski definition) is 7. The normalized spacial score (nSPS) is 15.9. The standard InChI is InChI=1S/C22H17FN4O3S2/c23-13-6-7-15-19(10-13)32-22(25-15)24-14-4-1-3-12(9-14)16-11-18(30-26-16)20(31)27-8-2-5-17(27)21(28)29/h1,3-4,6-7,9-11,17H,2,5,8H2,(H,24,25)(H,28,29). The van der Waals surface area contributed by atoms with Gasteiger partial charge in [-0.15, -0.1) is 0 Å². The lowest BCUT2D eigenvalue weighted by molar-refractivity contribution is -0.140. The van der Waals surface area contributed by atoms with Crippen molar-refractivity contribution in [3.05, 3.63) is 60.1 Å². The highest BCUT2D eigenvalue weighted by atomic mass is 32.1. The molecular weight excluding hydrogens is 451 g/mol. The number of rotatable bonds is 5. The Hall–Kier alpha value is -3.37. The third-order valence-electron chi connectivity index (χ3n) is 5.28. The second-order valence-electron chi connectivity index (χ2n) is 7.41. The fourth-order valence-electron chi connectivity index (χ4n) is 3.75. The molecule has 2 aromatic heterocycles. The number of aromatic nitrogens is 2. The smallest absolute Gasteiger partial charge is 0.326 e. The number of nitrogens with one attached hydrogen (secondary N) is 1. The Bertz CT molecular complexity index is 1340. The molecule has 0 saturated carbocycles. The summed E-state index contributed by atoms with van der Waals surface area (Å²) in [4.78, 5) is 18.0. The second-order valence-corrected chi connectivity index (χ2v) is 8.83. The van der Waals surface area contributed by atoms with Gasteiger partial charge in [-0.05, 0) is 43.2 Å². The summed E-state index contributed by atoms with van der Waals surface area (Å²) in [6.45, 7) is 0.581. The van der Waals surface area contributed by atoms with E-state index in [1.807, 2.05) is 24.3 Å². The summed E-state index contributed by atoms with van der Waals surface area (Å²) >= 11 is 6.84. The predicted octanol–water partition coefficient (Wildman–Crippen LogP) is 5.06. The fraction of sp³-hybridized carbons (Fsp3) is 0.182. The maximum absolute atomic E-state index is 13.4. The Balaban J connectivity index is 1.36. The first-order valence-electron chi connectivity index (χ1n) is 9.92. The summed E-state index contributed by atoms with van der Waals surface area (Å²) in [6.07, 6.45) is 1.33. The Morgan fingerprint density at radius 3 is 3.00 bits per heavy atom. The zero-order valence-corrected chi connectivity index (χ0v) is 18.3. The van der Waals surface area contributed by atoms with E-state index in [1.54, 1.807) is 17.0 Å². The van der Waals surface area contributed by atoms with Crippen LogP contribution in [0.1, 0.15) is 18.6 Å². The van der Waals surface area contributed by atoms with Gasteiger partial charge in [-0.2, -0.15) is 0 Å². The topological polar surface area (TPSA) is 91.5 Å². The third-order valence-corrected chi connectivity index (χ3v) is 6.65. The molecule has 32 heavy (non-hydrogen) atoms. The lowest BCUT2D eigenvalue weighted by Crippen LogP contribution is -2.39. The molecule has 1 saturated heterocycles. The first-order chi connectivity index (χ1) is 15.5. The first-order valence-corrected chi connectivity index (χ1v) is 11.1. The third kappa shape index (κ3) is 3.94. The van der Waals surface area contributed by atoms with E-state index >= 15 is 0 Å². The van der Waals surface area contributed by atoms with Gasteiger partial charge in [0.1, 0.15) is 22.5 Å². The van der Waals surface area contributed by atoms with E-state index in [0.717, 1.165) is 27.9 Å². The number of hydrogen-bond donors (Lipinski definition) is 2. The zero-order chi connectivity index (χ0) is 22.2. The van der Waals surface area contributed by atoms with E-state index in [9.17, 15) is 14.3 Å². The van der Waals surface area contributed by atoms with E-state index in [2.05, 4.69) is 15.5 Å². The average molecular weight is 469 g/mol. The maximum atomic E-state index is 13.4. The molecule has 1 fully saturated rings. The van der Waals surface area contributed by atoms with Crippen molar-refractivity contribution in [2.24, 2.45) is 0 Å². The molecular formula is C22H17FN4O3S2. The minimum absolute atomic E-state index is 0.293. The van der Waals surface area contributed by atoms with Gasteiger partial charge in [-0.25, -0.2) is 14.2 Å². The van der Waals surface area contributed by atoms with Crippen LogP contribution in [-0.4, -0.2) is 43.7 Å². The number of aliphatic carboxylic acids is 1. The van der Waals surface area contributed by atoms with Gasteiger partial charge in [-0.1, -0.05) is 40.8 Å². The molecule has 0 spiro atoms. The highest BCUT2D eigenvalue weighted by Crippen LogP contribution is 2.31. The van der Waals surface area contributed by atoms with Crippen molar-refractivity contribution in [3.8, 4) is 11.3 Å². The molecule has 0 aliphatic carbocycles. The summed E-state index contributed by atoms with van der Waals surface area (Å²) in [5, 5.41) is 17.4. The van der Waals surface area contributed by atoms with Gasteiger partial charge < -0.3 is 19.8 Å². The van der Waals surface area contributed by atoms with Crippen LogP contribution in [0.5, 0.6) is 0 Å². The maximum Gasteiger partial charge on any atom is 0.326 e. The Morgan fingerprint density at radius 1 is 1.28 bits per heavy atom. The van der Waals surface area contributed by atoms with Gasteiger partial charge in [0.25, 0.3) is 0 Å². The molecule has 3 heterocycles. The number of nitrogens with zero attached hydrogens (tertiary/aromatic N) is 3. The molecule has 1 atom stereocenters. The van der Waals surface area contributed by atoms with Crippen LogP contribution in [0, 0.1) is 5.82 Å². The highest BCUT2D eigenvalue weighted by Gasteiger charge is 2.33. The summed E-state index contributed by atoms with van der Waals surface area (Å²) in [5.41, 5.74) is 2.91. The molecule has 10 heteroatoms. The summed E-state index contributed by atoms with van der Waals surface area (Å²) in [7, 11) is 0. The number of carboxylic acids is 1. The van der Waals surface area contributed by atoms with Crippen molar-refractivity contribution in [1.82, 2.24) is 15.0 Å². The van der Waals surface area contributed by atoms with Crippen LogP contribution < -0.4 is 5.32 Å². The molecule has 2 N–H and O–H groups in total. The number of benzene rings is 2. The number of carbonyl (C=O) groups is 1. The van der Waals surface area contributed by atoms with E-state index in [0.29, 0.717) is 34.5 Å². The van der Waals surface area contributed by atoms with Crippen LogP contribution in [0.4, 0.5) is 15.2 Å². The quantitative estimate of drug-likeness (QED) is 0.393. The molecule has 4 aromatic rings. The lowest BCUT2D eigenvalue weighted by atomic mass is 10.1. The molecule has 0 amide bonds. The molecule has 0 radical (unpaired) electrons. The molecule has 1 unspecified atom stereocenters. The van der Waals surface area contributed by atoms with Gasteiger partial charge in [0.2, 0.25) is 0 Å². The summed E-state index contributed by atoms with van der Waals surface area (Å²) < 4.78 is 19.6. The number of fused-ring (bicyclic) bond motifs is 1. The number of thiazole rings is 1. The van der Waals surface area contributed by atoms with E-state index in [1.165, 1.54) is 23.5 Å². The van der Waals surface area contributed by atoms with Crippen molar-refractivity contribution < 1.29 is 18.8 Å². The van der Waals surface area contributed by atoms with E-state index < -0.39 is 12.0 Å². The molecule has 5 rings (SSSR count). The fourth-order valence-corrected chi connectivity index (χ4v) is 4.98. The number of likely N-dealkylation sites (tertiary alicyclic amines) is 1. The summed E-state index contributed by atoms with van der Waals surface area (Å²) in [5.74, 6) is -0.811. The highest BCUT2D eigenvalue weighted by molar-refractivity contribution is 7.80. The number of anilines is 2. The number of carboxylic acid groups (broad SMARTS) is 1. The van der Waals surface area contributed by atoms with Gasteiger partial charge in [0, 0.05) is 23.9 Å². The second kappa shape index (κ2) is 8.29. The number of halogens is 1. The van der Waals surface area contributed by atoms with Gasteiger partial charge in [0.15, 0.2) is 10.9 Å². The van der Waals surface area contributed by atoms with Gasteiger partial charge in [-0.3, -0.25) is 0 Å². The van der Waals surface area contributed by atoms with E-state index in [4.69, 9.17) is 16.7 Å². The monoisotopic (exact) mass is 468 g/mol. The van der Waals surface area contributed by atoms with Crippen LogP contribution in [0.25, 0.3) is 21.5 Å². The molecule has 2 aromatic carbocycles. The molecule has 162 valence electrons. The van der Waals surface area contributed by atoms with Crippen LogP contribution >= 0.6 is 23.6 Å². The van der Waals surface area contributed by atoms with Crippen LogP contribution in [0.2, 0.25) is 0 Å². The van der Waals surface area contributed by atoms with Gasteiger partial charge in [0.05, 0.1) is 10.2 Å². The van der Waals surface area contributed by atoms with Crippen molar-refractivity contribution in [3.63, 3.8) is 0 Å². The Kier molecular flexibility index (Phi) is 5.32. The van der Waals surface area contributed by atoms with Crippen LogP contribution in [0.15, 0.2) is 53.1 Å². The van der Waals surface area contributed by atoms with Crippen LogP contribution in [0.3, 0.4) is 0 Å². The largest absolute Gasteiger partial charge is 0.480 e. The van der Waals surface area contributed by atoms with Crippen LogP contribution in [-0.2, 0) is 4.79 Å². The van der Waals surface area contributed by atoms with Crippen molar-refractivity contribution in [2.75, 3.05) is 11.9 Å². The minimum Gasteiger partial charge on any atom is -0.480 e. The van der Waals surface area contributed by atoms with Crippen molar-refractivity contribution >= 4 is 55.5 Å². The van der Waals surface area contributed by atoms with E-state index in [-0.39, 0.29) is 5.82 Å². The number of thiocarbonyl (C=S) groups is 1. The molecule has 7 nitrogen and oxygen atoms in total. The molecule has 1 aliphatic heterocycles. The van der Waals surface area contributed by atoms with Crippen molar-refractivity contribution in [2.45, 2.75) is 18.9 Å². The zero-order valence-electron chi connectivity index (χ0n) is 16.6. The average Bonchev–Trinajstić information content (AvgIpc) is 3.52. The predicted molar refractivity (Wildman–Crippen MR) is 124 cm³/mol. The Labute approximate surface area is 191 Å². The molecule has 0 bridgehead atoms.